The van der Waals surface area contributed by atoms with E-state index in [0.29, 0.717) is 5.69 Å². The van der Waals surface area contributed by atoms with Crippen LogP contribution >= 0.6 is 0 Å². The Labute approximate surface area is 195 Å². The van der Waals surface area contributed by atoms with Crippen molar-refractivity contribution in [1.29, 1.82) is 0 Å². The minimum atomic E-state index is -4.05. The van der Waals surface area contributed by atoms with Crippen molar-refractivity contribution in [2.24, 2.45) is 0 Å². The highest BCUT2D eigenvalue weighted by molar-refractivity contribution is 7.92. The van der Waals surface area contributed by atoms with Gasteiger partial charge in [-0.2, -0.15) is 0 Å². The molecule has 0 aliphatic heterocycles. The van der Waals surface area contributed by atoms with Gasteiger partial charge in [0.25, 0.3) is 15.9 Å². The maximum Gasteiger partial charge on any atom is 0.338 e. The van der Waals surface area contributed by atoms with Crippen molar-refractivity contribution in [2.45, 2.75) is 57.4 Å². The topological polar surface area (TPSA) is 111 Å². The van der Waals surface area contributed by atoms with E-state index in [4.69, 9.17) is 9.47 Å². The Bertz CT molecular complexity index is 1050. The monoisotopic (exact) mass is 476 g/mol. The molecular formula is C24H32N2O6S. The molecule has 180 valence electrons. The molecule has 0 heterocycles. The third-order valence-electron chi connectivity index (χ3n) is 4.98. The van der Waals surface area contributed by atoms with Crippen LogP contribution in [0.1, 0.15) is 55.5 Å². The van der Waals surface area contributed by atoms with Crippen molar-refractivity contribution in [3.8, 4) is 5.75 Å². The molecule has 33 heavy (non-hydrogen) atoms. The number of benzene rings is 2. The number of ether oxygens (including phenoxy) is 2. The van der Waals surface area contributed by atoms with Crippen LogP contribution in [0.4, 0.5) is 5.69 Å². The highest BCUT2D eigenvalue weighted by Gasteiger charge is 2.23. The van der Waals surface area contributed by atoms with Crippen LogP contribution < -0.4 is 14.8 Å². The number of sulfonamides is 1. The number of carbonyl (C=O) groups is 2. The van der Waals surface area contributed by atoms with Crippen molar-refractivity contribution >= 4 is 27.6 Å². The number of amides is 1. The molecule has 0 fully saturated rings. The van der Waals surface area contributed by atoms with Gasteiger partial charge in [0, 0.05) is 11.7 Å². The predicted octanol–water partition coefficient (Wildman–Crippen LogP) is 4.05. The number of esters is 1. The average molecular weight is 477 g/mol. The molecule has 0 aromatic heterocycles. The number of anilines is 1. The van der Waals surface area contributed by atoms with Crippen LogP contribution in [0.5, 0.6) is 5.75 Å². The summed E-state index contributed by atoms with van der Waals surface area (Å²) >= 11 is 0. The minimum Gasteiger partial charge on any atom is -0.495 e. The van der Waals surface area contributed by atoms with E-state index in [9.17, 15) is 18.0 Å². The molecule has 0 bridgehead atoms. The van der Waals surface area contributed by atoms with Crippen molar-refractivity contribution in [2.75, 3.05) is 18.4 Å². The molecule has 2 aromatic carbocycles. The van der Waals surface area contributed by atoms with Gasteiger partial charge in [0.05, 0.1) is 12.7 Å². The highest BCUT2D eigenvalue weighted by Crippen LogP contribution is 2.27. The molecule has 0 aliphatic carbocycles. The Morgan fingerprint density at radius 1 is 1.06 bits per heavy atom. The SMILES string of the molecule is CCCCCC(C)NC(=O)COC(=O)c1ccc(OC)c(S(=O)(=O)Nc2ccc(C)cc2)c1. The molecule has 1 atom stereocenters. The molecule has 0 radical (unpaired) electrons. The maximum absolute atomic E-state index is 12.9. The molecule has 0 saturated carbocycles. The van der Waals surface area contributed by atoms with Gasteiger partial charge in [-0.25, -0.2) is 13.2 Å². The first kappa shape index (κ1) is 26.2. The summed E-state index contributed by atoms with van der Waals surface area (Å²) in [5.41, 5.74) is 1.35. The first-order valence-corrected chi connectivity index (χ1v) is 12.4. The second-order valence-electron chi connectivity index (χ2n) is 7.88. The van der Waals surface area contributed by atoms with Crippen molar-refractivity contribution in [3.05, 3.63) is 53.6 Å². The standard InChI is InChI=1S/C24H32N2O6S/c1-5-6-7-8-18(3)25-23(27)16-32-24(28)19-11-14-21(31-4)22(15-19)33(29,30)26-20-12-9-17(2)10-13-20/h9-15,18,26H,5-8,16H2,1-4H3,(H,25,27). The molecule has 1 unspecified atom stereocenters. The number of unbranched alkanes of at least 4 members (excludes halogenated alkanes) is 2. The Kier molecular flexibility index (Phi) is 9.72. The summed E-state index contributed by atoms with van der Waals surface area (Å²) in [5.74, 6) is -1.14. The number of aryl methyl sites for hydroxylation is 1. The number of rotatable bonds is 12. The second kappa shape index (κ2) is 12.2. The largest absolute Gasteiger partial charge is 0.495 e. The number of hydrogen-bond donors (Lipinski definition) is 2. The molecule has 2 rings (SSSR count). The third-order valence-corrected chi connectivity index (χ3v) is 6.38. The molecule has 0 saturated heterocycles. The second-order valence-corrected chi connectivity index (χ2v) is 9.53. The number of hydrogen-bond acceptors (Lipinski definition) is 6. The molecule has 0 aliphatic rings. The lowest BCUT2D eigenvalue weighted by Gasteiger charge is -2.14. The maximum atomic E-state index is 12.9. The molecule has 0 spiro atoms. The van der Waals surface area contributed by atoms with Crippen LogP contribution in [0.3, 0.4) is 0 Å². The third kappa shape index (κ3) is 8.09. The van der Waals surface area contributed by atoms with E-state index in [1.165, 1.54) is 25.3 Å². The molecule has 2 aromatic rings. The van der Waals surface area contributed by atoms with E-state index < -0.39 is 28.5 Å². The van der Waals surface area contributed by atoms with Crippen molar-refractivity contribution in [3.63, 3.8) is 0 Å². The van der Waals surface area contributed by atoms with Crippen LogP contribution in [-0.4, -0.2) is 40.1 Å². The van der Waals surface area contributed by atoms with Crippen LogP contribution in [0.2, 0.25) is 0 Å². The Morgan fingerprint density at radius 3 is 2.39 bits per heavy atom. The van der Waals surface area contributed by atoms with Crippen LogP contribution in [0.15, 0.2) is 47.4 Å². The summed E-state index contributed by atoms with van der Waals surface area (Å²) in [6.45, 7) is 5.45. The van der Waals surface area contributed by atoms with E-state index in [-0.39, 0.29) is 22.3 Å². The van der Waals surface area contributed by atoms with Crippen molar-refractivity contribution < 1.29 is 27.5 Å². The number of nitrogens with one attached hydrogen (secondary N) is 2. The summed E-state index contributed by atoms with van der Waals surface area (Å²) in [7, 11) is -2.71. The zero-order chi connectivity index (χ0) is 24.4. The lowest BCUT2D eigenvalue weighted by Crippen LogP contribution is -2.35. The van der Waals surface area contributed by atoms with E-state index in [2.05, 4.69) is 17.0 Å². The lowest BCUT2D eigenvalue weighted by atomic mass is 10.1. The fourth-order valence-electron chi connectivity index (χ4n) is 3.15. The zero-order valence-electron chi connectivity index (χ0n) is 19.5. The van der Waals surface area contributed by atoms with Crippen molar-refractivity contribution in [1.82, 2.24) is 5.32 Å². The summed E-state index contributed by atoms with van der Waals surface area (Å²) in [4.78, 5) is 24.3. The lowest BCUT2D eigenvalue weighted by molar-refractivity contribution is -0.124. The first-order chi connectivity index (χ1) is 15.7. The number of methoxy groups -OCH3 is 1. The molecule has 8 nitrogen and oxygen atoms in total. The van der Waals surface area contributed by atoms with Gasteiger partial charge in [-0.05, 0) is 50.6 Å². The van der Waals surface area contributed by atoms with Gasteiger partial charge in [0.2, 0.25) is 0 Å². The first-order valence-electron chi connectivity index (χ1n) is 10.9. The van der Waals surface area contributed by atoms with Gasteiger partial charge in [-0.3, -0.25) is 9.52 Å². The van der Waals surface area contributed by atoms with E-state index in [1.54, 1.807) is 24.3 Å². The van der Waals surface area contributed by atoms with E-state index >= 15 is 0 Å². The zero-order valence-corrected chi connectivity index (χ0v) is 20.3. The Balaban J connectivity index is 2.07. The Morgan fingerprint density at radius 2 is 1.76 bits per heavy atom. The van der Waals surface area contributed by atoms with E-state index in [0.717, 1.165) is 31.2 Å². The van der Waals surface area contributed by atoms with Crippen LogP contribution in [0, 0.1) is 6.92 Å². The summed E-state index contributed by atoms with van der Waals surface area (Å²) < 4.78 is 38.6. The Hall–Kier alpha value is -3.07. The predicted molar refractivity (Wildman–Crippen MR) is 127 cm³/mol. The highest BCUT2D eigenvalue weighted by atomic mass is 32.2. The van der Waals surface area contributed by atoms with Gasteiger partial charge in [0.15, 0.2) is 6.61 Å². The summed E-state index contributed by atoms with van der Waals surface area (Å²) in [6, 6.07) is 10.7. The van der Waals surface area contributed by atoms with Gasteiger partial charge in [-0.15, -0.1) is 0 Å². The quantitative estimate of drug-likeness (QED) is 0.353. The number of carbonyl (C=O) groups excluding carboxylic acids is 2. The summed E-state index contributed by atoms with van der Waals surface area (Å²) in [6.07, 6.45) is 4.05. The fourth-order valence-corrected chi connectivity index (χ4v) is 4.40. The fraction of sp³-hybridized carbons (Fsp3) is 0.417. The average Bonchev–Trinajstić information content (AvgIpc) is 2.78. The van der Waals surface area contributed by atoms with E-state index in [1.807, 2.05) is 13.8 Å². The smallest absolute Gasteiger partial charge is 0.338 e. The van der Waals surface area contributed by atoms with Crippen LogP contribution in [0.25, 0.3) is 0 Å². The van der Waals surface area contributed by atoms with Gasteiger partial charge in [-0.1, -0.05) is 43.9 Å². The molecule has 2 N–H and O–H groups in total. The van der Waals surface area contributed by atoms with Crippen LogP contribution in [-0.2, 0) is 19.6 Å². The van der Waals surface area contributed by atoms with Gasteiger partial charge in [0.1, 0.15) is 10.6 Å². The summed E-state index contributed by atoms with van der Waals surface area (Å²) in [5, 5.41) is 2.79. The molecule has 9 heteroatoms. The normalized spacial score (nSPS) is 12.0. The molecular weight excluding hydrogens is 444 g/mol. The van der Waals surface area contributed by atoms with Gasteiger partial charge >= 0.3 is 5.97 Å². The van der Waals surface area contributed by atoms with Gasteiger partial charge < -0.3 is 14.8 Å². The molecule has 1 amide bonds. The minimum absolute atomic E-state index is 0.0103.